The summed E-state index contributed by atoms with van der Waals surface area (Å²) in [5.74, 6) is 1.10. The van der Waals surface area contributed by atoms with Crippen LogP contribution < -0.4 is 5.32 Å². The number of carbonyl (C=O) groups excluding carboxylic acids is 1. The normalized spacial score (nSPS) is 14.1. The van der Waals surface area contributed by atoms with E-state index in [1.807, 2.05) is 63.2 Å². The standard InChI is InChI=1S/C21H22ClN5O/c1-21(2,3)23-20(28)16-10-15(13-6-8-17(22)9-7-13)11-18(12-16)27-19(14-4-5-14)24-25-26-27/h6-12,14H,4-5H2,1-3H3,(H,23,28). The van der Waals surface area contributed by atoms with Crippen molar-refractivity contribution in [3.63, 3.8) is 0 Å². The van der Waals surface area contributed by atoms with Gasteiger partial charge in [0.15, 0.2) is 5.82 Å². The lowest BCUT2D eigenvalue weighted by atomic mass is 10.0. The molecule has 1 fully saturated rings. The lowest BCUT2D eigenvalue weighted by molar-refractivity contribution is 0.0919. The van der Waals surface area contributed by atoms with E-state index in [0.717, 1.165) is 35.5 Å². The summed E-state index contributed by atoms with van der Waals surface area (Å²) in [6.45, 7) is 5.88. The maximum atomic E-state index is 12.9. The van der Waals surface area contributed by atoms with Crippen molar-refractivity contribution in [2.24, 2.45) is 0 Å². The van der Waals surface area contributed by atoms with E-state index in [0.29, 0.717) is 16.5 Å². The SMILES string of the molecule is CC(C)(C)NC(=O)c1cc(-c2ccc(Cl)cc2)cc(-n2nnnc2C2CC2)c1. The highest BCUT2D eigenvalue weighted by Crippen LogP contribution is 2.39. The lowest BCUT2D eigenvalue weighted by Gasteiger charge is -2.21. The number of halogens is 1. The van der Waals surface area contributed by atoms with E-state index in [-0.39, 0.29) is 11.4 Å². The van der Waals surface area contributed by atoms with E-state index in [1.165, 1.54) is 0 Å². The van der Waals surface area contributed by atoms with Crippen molar-refractivity contribution >= 4 is 17.5 Å². The summed E-state index contributed by atoms with van der Waals surface area (Å²) in [6.07, 6.45) is 2.18. The van der Waals surface area contributed by atoms with Crippen molar-refractivity contribution in [2.75, 3.05) is 0 Å². The van der Waals surface area contributed by atoms with Crippen LogP contribution in [0.2, 0.25) is 5.02 Å². The quantitative estimate of drug-likeness (QED) is 0.711. The van der Waals surface area contributed by atoms with Gasteiger partial charge in [-0.2, -0.15) is 4.68 Å². The predicted octanol–water partition coefficient (Wildman–Crippen LogP) is 4.39. The minimum atomic E-state index is -0.332. The first-order valence-corrected chi connectivity index (χ1v) is 9.70. The minimum Gasteiger partial charge on any atom is -0.347 e. The monoisotopic (exact) mass is 395 g/mol. The number of nitrogens with one attached hydrogen (secondary N) is 1. The molecule has 1 saturated carbocycles. The molecule has 0 atom stereocenters. The van der Waals surface area contributed by atoms with Crippen molar-refractivity contribution in [3.8, 4) is 16.8 Å². The summed E-state index contributed by atoms with van der Waals surface area (Å²) in [7, 11) is 0. The number of hydrogen-bond acceptors (Lipinski definition) is 4. The Kier molecular flexibility index (Phi) is 4.67. The van der Waals surface area contributed by atoms with Crippen molar-refractivity contribution in [1.29, 1.82) is 0 Å². The van der Waals surface area contributed by atoms with Crippen molar-refractivity contribution in [1.82, 2.24) is 25.5 Å². The van der Waals surface area contributed by atoms with E-state index < -0.39 is 0 Å². The van der Waals surface area contributed by atoms with Gasteiger partial charge in [0, 0.05) is 22.0 Å². The summed E-state index contributed by atoms with van der Waals surface area (Å²) in [5.41, 5.74) is 2.89. The molecule has 0 radical (unpaired) electrons. The third kappa shape index (κ3) is 4.07. The minimum absolute atomic E-state index is 0.134. The second-order valence-electron chi connectivity index (χ2n) is 8.20. The van der Waals surface area contributed by atoms with Crippen LogP contribution in [0.1, 0.15) is 55.7 Å². The Balaban J connectivity index is 1.82. The van der Waals surface area contributed by atoms with Crippen LogP contribution in [-0.2, 0) is 0 Å². The molecule has 144 valence electrons. The summed E-state index contributed by atoms with van der Waals surface area (Å²) in [6, 6.07) is 13.3. The smallest absolute Gasteiger partial charge is 0.251 e. The summed E-state index contributed by atoms with van der Waals surface area (Å²) >= 11 is 6.03. The number of amides is 1. The Morgan fingerprint density at radius 2 is 1.82 bits per heavy atom. The zero-order valence-corrected chi connectivity index (χ0v) is 16.9. The molecule has 0 aliphatic heterocycles. The van der Waals surface area contributed by atoms with Gasteiger partial charge in [-0.05, 0) is 85.5 Å². The maximum absolute atomic E-state index is 12.9. The molecule has 2 aromatic carbocycles. The van der Waals surface area contributed by atoms with E-state index in [1.54, 1.807) is 4.68 Å². The second kappa shape index (κ2) is 7.02. The number of nitrogens with zero attached hydrogens (tertiary/aromatic N) is 4. The molecular formula is C21H22ClN5O. The molecule has 0 saturated heterocycles. The van der Waals surface area contributed by atoms with Gasteiger partial charge in [-0.15, -0.1) is 5.10 Å². The van der Waals surface area contributed by atoms with Crippen molar-refractivity contribution in [3.05, 3.63) is 58.9 Å². The number of carbonyl (C=O) groups is 1. The highest BCUT2D eigenvalue weighted by molar-refractivity contribution is 6.30. The van der Waals surface area contributed by atoms with Gasteiger partial charge in [0.2, 0.25) is 0 Å². The Labute approximate surface area is 168 Å². The molecule has 1 aromatic heterocycles. The van der Waals surface area contributed by atoms with Gasteiger partial charge in [-0.25, -0.2) is 0 Å². The number of tetrazole rings is 1. The Hall–Kier alpha value is -2.73. The molecule has 3 aromatic rings. The molecule has 1 amide bonds. The highest BCUT2D eigenvalue weighted by Gasteiger charge is 2.30. The van der Waals surface area contributed by atoms with Gasteiger partial charge < -0.3 is 5.32 Å². The van der Waals surface area contributed by atoms with Crippen molar-refractivity contribution in [2.45, 2.75) is 45.1 Å². The largest absolute Gasteiger partial charge is 0.347 e. The fraction of sp³-hybridized carbons (Fsp3) is 0.333. The highest BCUT2D eigenvalue weighted by atomic mass is 35.5. The van der Waals surface area contributed by atoms with Crippen LogP contribution in [0.15, 0.2) is 42.5 Å². The molecule has 6 nitrogen and oxygen atoms in total. The van der Waals surface area contributed by atoms with E-state index in [2.05, 4.69) is 20.8 Å². The molecule has 4 rings (SSSR count). The third-order valence-corrected chi connectivity index (χ3v) is 4.78. The summed E-state index contributed by atoms with van der Waals surface area (Å²) in [4.78, 5) is 12.9. The van der Waals surface area contributed by atoms with Gasteiger partial charge in [-0.3, -0.25) is 4.79 Å². The molecule has 1 N–H and O–H groups in total. The molecule has 7 heteroatoms. The van der Waals surface area contributed by atoms with Gasteiger partial charge in [0.25, 0.3) is 5.91 Å². The molecule has 1 heterocycles. The van der Waals surface area contributed by atoms with E-state index >= 15 is 0 Å². The van der Waals surface area contributed by atoms with Crippen LogP contribution in [-0.4, -0.2) is 31.7 Å². The zero-order valence-electron chi connectivity index (χ0n) is 16.1. The predicted molar refractivity (Wildman–Crippen MR) is 109 cm³/mol. The van der Waals surface area contributed by atoms with Crippen LogP contribution in [0, 0.1) is 0 Å². The molecule has 0 bridgehead atoms. The van der Waals surface area contributed by atoms with Gasteiger partial charge >= 0.3 is 0 Å². The fourth-order valence-corrected chi connectivity index (χ4v) is 3.19. The van der Waals surface area contributed by atoms with E-state index in [4.69, 9.17) is 11.6 Å². The van der Waals surface area contributed by atoms with Gasteiger partial charge in [0.1, 0.15) is 0 Å². The molecule has 28 heavy (non-hydrogen) atoms. The Morgan fingerprint density at radius 1 is 1.11 bits per heavy atom. The fourth-order valence-electron chi connectivity index (χ4n) is 3.06. The first-order valence-electron chi connectivity index (χ1n) is 9.32. The lowest BCUT2D eigenvalue weighted by Crippen LogP contribution is -2.40. The number of benzene rings is 2. The first kappa shape index (κ1) is 18.6. The van der Waals surface area contributed by atoms with Crippen LogP contribution in [0.5, 0.6) is 0 Å². The number of rotatable bonds is 4. The number of hydrogen-bond donors (Lipinski definition) is 1. The van der Waals surface area contributed by atoms with E-state index in [9.17, 15) is 4.79 Å². The second-order valence-corrected chi connectivity index (χ2v) is 8.64. The topological polar surface area (TPSA) is 72.7 Å². The zero-order chi connectivity index (χ0) is 19.9. The molecule has 0 unspecified atom stereocenters. The van der Waals surface area contributed by atoms with Crippen LogP contribution >= 0.6 is 11.6 Å². The first-order chi connectivity index (χ1) is 13.3. The van der Waals surface area contributed by atoms with Gasteiger partial charge in [-0.1, -0.05) is 23.7 Å². The van der Waals surface area contributed by atoms with Crippen LogP contribution in [0.25, 0.3) is 16.8 Å². The third-order valence-electron chi connectivity index (χ3n) is 4.53. The molecule has 0 spiro atoms. The van der Waals surface area contributed by atoms with Gasteiger partial charge in [0.05, 0.1) is 5.69 Å². The Morgan fingerprint density at radius 3 is 2.46 bits per heavy atom. The van der Waals surface area contributed by atoms with Crippen LogP contribution in [0.4, 0.5) is 0 Å². The maximum Gasteiger partial charge on any atom is 0.251 e. The summed E-state index contributed by atoms with van der Waals surface area (Å²) in [5, 5.41) is 15.9. The number of aromatic nitrogens is 4. The average molecular weight is 396 g/mol. The Bertz CT molecular complexity index is 1020. The summed E-state index contributed by atoms with van der Waals surface area (Å²) < 4.78 is 1.74. The van der Waals surface area contributed by atoms with Crippen LogP contribution in [0.3, 0.4) is 0 Å². The molecular weight excluding hydrogens is 374 g/mol. The van der Waals surface area contributed by atoms with Crippen molar-refractivity contribution < 1.29 is 4.79 Å². The molecule has 1 aliphatic carbocycles. The average Bonchev–Trinajstić information content (AvgIpc) is 3.37. The molecule has 1 aliphatic rings.